The average molecular weight is 490 g/mol. The Bertz CT molecular complexity index is 686. The summed E-state index contributed by atoms with van der Waals surface area (Å²) in [7, 11) is 5.01. The Morgan fingerprint density at radius 1 is 1.19 bits per heavy atom. The molecule has 1 amide bonds. The molecule has 0 fully saturated rings. The van der Waals surface area contributed by atoms with E-state index in [-0.39, 0.29) is 42.0 Å². The molecule has 0 saturated carbocycles. The minimum Gasteiger partial charge on any atom is -0.493 e. The van der Waals surface area contributed by atoms with Gasteiger partial charge in [-0.05, 0) is 50.5 Å². The molecular formula is C19H31IN4O3. The number of halogens is 1. The van der Waals surface area contributed by atoms with Crippen LogP contribution in [0.5, 0.6) is 11.5 Å². The molecule has 0 saturated heterocycles. The van der Waals surface area contributed by atoms with Gasteiger partial charge < -0.3 is 25.0 Å². The second kappa shape index (κ2) is 10.0. The summed E-state index contributed by atoms with van der Waals surface area (Å²) in [5.74, 6) is 2.14. The normalized spacial score (nSPS) is 14.0. The predicted octanol–water partition coefficient (Wildman–Crippen LogP) is 2.17. The fourth-order valence-corrected chi connectivity index (χ4v) is 3.02. The van der Waals surface area contributed by atoms with Crippen molar-refractivity contribution in [3.05, 3.63) is 23.3 Å². The van der Waals surface area contributed by atoms with Gasteiger partial charge >= 0.3 is 0 Å². The Hall–Kier alpha value is -1.71. The molecule has 27 heavy (non-hydrogen) atoms. The van der Waals surface area contributed by atoms with E-state index in [9.17, 15) is 4.79 Å². The molecule has 8 heteroatoms. The molecule has 0 spiro atoms. The van der Waals surface area contributed by atoms with Crippen molar-refractivity contribution in [1.29, 1.82) is 0 Å². The number of aliphatic imine (C=N–C) groups is 1. The average Bonchev–Trinajstić information content (AvgIpc) is 2.59. The number of hydrogen-bond donors (Lipinski definition) is 2. The molecule has 0 aliphatic carbocycles. The number of carbonyl (C=O) groups excluding carboxylic acids is 1. The number of nitrogens with zero attached hydrogens (tertiary/aromatic N) is 2. The van der Waals surface area contributed by atoms with Crippen LogP contribution in [-0.4, -0.2) is 56.7 Å². The summed E-state index contributed by atoms with van der Waals surface area (Å²) in [6.07, 6.45) is 0.880. The van der Waals surface area contributed by atoms with E-state index in [2.05, 4.69) is 20.5 Å². The number of amides is 1. The van der Waals surface area contributed by atoms with Crippen LogP contribution < -0.4 is 20.1 Å². The van der Waals surface area contributed by atoms with Crippen LogP contribution in [-0.2, 0) is 17.8 Å². The van der Waals surface area contributed by atoms with Crippen molar-refractivity contribution in [2.75, 3.05) is 34.4 Å². The molecule has 0 atom stereocenters. The third kappa shape index (κ3) is 6.44. The summed E-state index contributed by atoms with van der Waals surface area (Å²) in [5.41, 5.74) is 2.18. The van der Waals surface area contributed by atoms with Crippen molar-refractivity contribution in [3.63, 3.8) is 0 Å². The lowest BCUT2D eigenvalue weighted by atomic mass is 9.99. The molecule has 2 rings (SSSR count). The van der Waals surface area contributed by atoms with Crippen LogP contribution in [0.4, 0.5) is 0 Å². The van der Waals surface area contributed by atoms with E-state index in [0.717, 1.165) is 30.4 Å². The van der Waals surface area contributed by atoms with E-state index in [0.29, 0.717) is 6.54 Å². The summed E-state index contributed by atoms with van der Waals surface area (Å²) in [4.78, 5) is 18.5. The number of rotatable bonds is 4. The van der Waals surface area contributed by atoms with Gasteiger partial charge in [0, 0.05) is 25.7 Å². The molecule has 0 radical (unpaired) electrons. The summed E-state index contributed by atoms with van der Waals surface area (Å²) < 4.78 is 10.8. The first-order chi connectivity index (χ1) is 12.3. The summed E-state index contributed by atoms with van der Waals surface area (Å²) in [6.45, 7) is 7.60. The Morgan fingerprint density at radius 3 is 2.30 bits per heavy atom. The van der Waals surface area contributed by atoms with Gasteiger partial charge in [0.25, 0.3) is 0 Å². The number of carbonyl (C=O) groups is 1. The number of methoxy groups -OCH3 is 2. The molecule has 1 aliphatic heterocycles. The van der Waals surface area contributed by atoms with Crippen molar-refractivity contribution >= 4 is 35.8 Å². The van der Waals surface area contributed by atoms with Gasteiger partial charge in [-0.15, -0.1) is 24.0 Å². The quantitative estimate of drug-likeness (QED) is 0.385. The monoisotopic (exact) mass is 490 g/mol. The minimum atomic E-state index is -0.248. The van der Waals surface area contributed by atoms with Gasteiger partial charge in [0.2, 0.25) is 5.91 Å². The zero-order valence-corrected chi connectivity index (χ0v) is 19.3. The highest BCUT2D eigenvalue weighted by Gasteiger charge is 2.22. The lowest BCUT2D eigenvalue weighted by molar-refractivity contribution is -0.121. The fourth-order valence-electron chi connectivity index (χ4n) is 3.02. The maximum Gasteiger partial charge on any atom is 0.239 e. The van der Waals surface area contributed by atoms with Gasteiger partial charge in [-0.25, -0.2) is 0 Å². The molecule has 7 nitrogen and oxygen atoms in total. The molecule has 0 aromatic heterocycles. The zero-order chi connectivity index (χ0) is 19.3. The molecule has 152 valence electrons. The smallest absolute Gasteiger partial charge is 0.239 e. The van der Waals surface area contributed by atoms with Crippen molar-refractivity contribution in [2.45, 2.75) is 39.3 Å². The first kappa shape index (κ1) is 23.3. The van der Waals surface area contributed by atoms with E-state index < -0.39 is 0 Å². The van der Waals surface area contributed by atoms with Gasteiger partial charge in [-0.2, -0.15) is 0 Å². The van der Waals surface area contributed by atoms with Gasteiger partial charge in [0.05, 0.1) is 20.8 Å². The van der Waals surface area contributed by atoms with E-state index >= 15 is 0 Å². The van der Waals surface area contributed by atoms with Crippen LogP contribution >= 0.6 is 24.0 Å². The Morgan fingerprint density at radius 2 is 1.78 bits per heavy atom. The van der Waals surface area contributed by atoms with E-state index in [4.69, 9.17) is 9.47 Å². The third-order valence-corrected chi connectivity index (χ3v) is 4.15. The van der Waals surface area contributed by atoms with E-state index in [1.54, 1.807) is 21.3 Å². The van der Waals surface area contributed by atoms with E-state index in [1.807, 2.05) is 32.9 Å². The Kier molecular flexibility index (Phi) is 8.64. The van der Waals surface area contributed by atoms with Gasteiger partial charge in [0.15, 0.2) is 17.5 Å². The molecule has 2 N–H and O–H groups in total. The lowest BCUT2D eigenvalue weighted by Gasteiger charge is -2.32. The van der Waals surface area contributed by atoms with Crippen molar-refractivity contribution in [1.82, 2.24) is 15.5 Å². The highest BCUT2D eigenvalue weighted by atomic mass is 127. The molecule has 0 unspecified atom stereocenters. The molecule has 1 heterocycles. The number of benzene rings is 1. The topological polar surface area (TPSA) is 75.2 Å². The number of ether oxygens (including phenoxy) is 2. The molecular weight excluding hydrogens is 459 g/mol. The second-order valence-electron chi connectivity index (χ2n) is 7.35. The van der Waals surface area contributed by atoms with Crippen molar-refractivity contribution < 1.29 is 14.3 Å². The van der Waals surface area contributed by atoms with Crippen LogP contribution in [0.3, 0.4) is 0 Å². The number of nitrogens with one attached hydrogen (secondary N) is 2. The Labute approximate surface area is 178 Å². The molecule has 0 bridgehead atoms. The number of guanidine groups is 1. The summed E-state index contributed by atoms with van der Waals surface area (Å²) in [5, 5.41) is 6.09. The molecule has 1 aromatic rings. The first-order valence-corrected chi connectivity index (χ1v) is 8.77. The maximum atomic E-state index is 12.0. The zero-order valence-electron chi connectivity index (χ0n) is 17.0. The molecule has 1 aromatic carbocycles. The Balaban J connectivity index is 0.00000364. The predicted molar refractivity (Wildman–Crippen MR) is 118 cm³/mol. The van der Waals surface area contributed by atoms with Crippen LogP contribution in [0.2, 0.25) is 0 Å². The van der Waals surface area contributed by atoms with Crippen LogP contribution in [0.15, 0.2) is 17.1 Å². The summed E-state index contributed by atoms with van der Waals surface area (Å²) >= 11 is 0. The second-order valence-corrected chi connectivity index (χ2v) is 7.35. The third-order valence-electron chi connectivity index (χ3n) is 4.15. The number of hydrogen-bond acceptors (Lipinski definition) is 4. The minimum absolute atomic E-state index is 0. The first-order valence-electron chi connectivity index (χ1n) is 8.77. The van der Waals surface area contributed by atoms with Crippen LogP contribution in [0, 0.1) is 0 Å². The van der Waals surface area contributed by atoms with Crippen molar-refractivity contribution in [2.24, 2.45) is 4.99 Å². The van der Waals surface area contributed by atoms with Gasteiger partial charge in [-0.3, -0.25) is 9.79 Å². The highest BCUT2D eigenvalue weighted by Crippen LogP contribution is 2.33. The largest absolute Gasteiger partial charge is 0.493 e. The van der Waals surface area contributed by atoms with Crippen LogP contribution in [0.25, 0.3) is 0 Å². The summed E-state index contributed by atoms with van der Waals surface area (Å²) in [6, 6.07) is 4.05. The SMILES string of the molecule is CN=C(NCC(=O)NC(C)(C)C)N1CCc2cc(OC)c(OC)cc2C1.I. The van der Waals surface area contributed by atoms with Gasteiger partial charge in [0.1, 0.15) is 0 Å². The highest BCUT2D eigenvalue weighted by molar-refractivity contribution is 14.0. The van der Waals surface area contributed by atoms with E-state index in [1.165, 1.54) is 11.1 Å². The van der Waals surface area contributed by atoms with Crippen LogP contribution in [0.1, 0.15) is 31.9 Å². The number of fused-ring (bicyclic) bond motifs is 1. The fraction of sp³-hybridized carbons (Fsp3) is 0.579. The molecule has 1 aliphatic rings. The lowest BCUT2D eigenvalue weighted by Crippen LogP contribution is -2.50. The standard InChI is InChI=1S/C19H30N4O3.HI/c1-19(2,3)22-17(24)11-21-18(20-4)23-8-7-13-9-15(25-5)16(26-6)10-14(13)12-23;/h9-10H,7-8,11-12H2,1-6H3,(H,20,21)(H,22,24);1H. The van der Waals surface area contributed by atoms with Gasteiger partial charge in [-0.1, -0.05) is 0 Å². The maximum absolute atomic E-state index is 12.0. The van der Waals surface area contributed by atoms with Crippen molar-refractivity contribution in [3.8, 4) is 11.5 Å².